The molecule has 7 heteroatoms. The van der Waals surface area contributed by atoms with Gasteiger partial charge in [0.15, 0.2) is 0 Å². The third-order valence-corrected chi connectivity index (χ3v) is 5.64. The number of thioether (sulfide) groups is 1. The third kappa shape index (κ3) is 4.30. The van der Waals surface area contributed by atoms with Crippen molar-refractivity contribution in [1.82, 2.24) is 10.2 Å². The Morgan fingerprint density at radius 2 is 1.78 bits per heavy atom. The van der Waals surface area contributed by atoms with Gasteiger partial charge in [0.1, 0.15) is 0 Å². The number of carbonyl (C=O) groups is 1. The molecule has 0 saturated carbocycles. The minimum Gasteiger partial charge on any atom is -0.411 e. The Morgan fingerprint density at radius 1 is 1.00 bits per heavy atom. The van der Waals surface area contributed by atoms with Crippen molar-refractivity contribution >= 4 is 56.7 Å². The number of carbonyl (C=O) groups excluding carboxylic acids is 1. The molecule has 1 amide bonds. The van der Waals surface area contributed by atoms with Crippen LogP contribution in [0, 0.1) is 3.57 Å². The molecule has 0 spiro atoms. The van der Waals surface area contributed by atoms with Crippen molar-refractivity contribution < 1.29 is 9.21 Å². The lowest BCUT2D eigenvalue weighted by Crippen LogP contribution is -2.14. The van der Waals surface area contributed by atoms with Gasteiger partial charge in [0.2, 0.25) is 11.8 Å². The molecule has 0 unspecified atom stereocenters. The van der Waals surface area contributed by atoms with Crippen LogP contribution in [0.5, 0.6) is 0 Å². The highest BCUT2D eigenvalue weighted by atomic mass is 127. The van der Waals surface area contributed by atoms with E-state index >= 15 is 0 Å². The maximum atomic E-state index is 12.1. The Bertz CT molecular complexity index is 1110. The van der Waals surface area contributed by atoms with Crippen LogP contribution in [0.3, 0.4) is 0 Å². The lowest BCUT2D eigenvalue weighted by molar-refractivity contribution is -0.113. The Kier molecular flexibility index (Phi) is 5.40. The number of hydrogen-bond donors (Lipinski definition) is 1. The van der Waals surface area contributed by atoms with Crippen molar-refractivity contribution in [1.29, 1.82) is 0 Å². The van der Waals surface area contributed by atoms with Crippen LogP contribution in [0.15, 0.2) is 76.4 Å². The van der Waals surface area contributed by atoms with E-state index in [0.717, 1.165) is 25.6 Å². The van der Waals surface area contributed by atoms with Crippen LogP contribution in [0.2, 0.25) is 0 Å². The molecule has 5 nitrogen and oxygen atoms in total. The molecule has 1 aromatic heterocycles. The fourth-order valence-electron chi connectivity index (χ4n) is 2.58. The molecule has 1 heterocycles. The number of para-hydroxylation sites is 1. The van der Waals surface area contributed by atoms with Crippen LogP contribution in [0.4, 0.5) is 5.69 Å². The molecule has 4 aromatic rings. The number of nitrogens with zero attached hydrogens (tertiary/aromatic N) is 2. The first-order chi connectivity index (χ1) is 13.2. The molecule has 1 N–H and O–H groups in total. The van der Waals surface area contributed by atoms with Gasteiger partial charge in [0.25, 0.3) is 5.22 Å². The van der Waals surface area contributed by atoms with Gasteiger partial charge in [-0.05, 0) is 57.6 Å². The minimum atomic E-state index is -0.116. The fourth-order valence-corrected chi connectivity index (χ4v) is 3.67. The first-order valence-electron chi connectivity index (χ1n) is 8.19. The summed E-state index contributed by atoms with van der Waals surface area (Å²) in [4.78, 5) is 12.1. The Balaban J connectivity index is 1.41. The highest BCUT2D eigenvalue weighted by Gasteiger charge is 2.12. The molecule has 0 fully saturated rings. The standard InChI is InChI=1S/C20H14IN3O2S/c21-16-7-3-4-8-17(16)22-18(25)12-27-20-24-23-19(26-20)15-10-9-13-5-1-2-6-14(13)11-15/h1-11H,12H2,(H,22,25). The fraction of sp³-hybridized carbons (Fsp3) is 0.0500. The van der Waals surface area contributed by atoms with E-state index < -0.39 is 0 Å². The third-order valence-electron chi connectivity index (χ3n) is 3.88. The molecule has 0 aliphatic rings. The van der Waals surface area contributed by atoms with E-state index in [0.29, 0.717) is 11.1 Å². The summed E-state index contributed by atoms with van der Waals surface area (Å²) in [6.07, 6.45) is 0. The van der Waals surface area contributed by atoms with Gasteiger partial charge in [-0.3, -0.25) is 4.79 Å². The molecule has 0 atom stereocenters. The lowest BCUT2D eigenvalue weighted by atomic mass is 10.1. The molecule has 0 bridgehead atoms. The molecular weight excluding hydrogens is 473 g/mol. The predicted molar refractivity (Wildman–Crippen MR) is 116 cm³/mol. The summed E-state index contributed by atoms with van der Waals surface area (Å²) in [5.41, 5.74) is 1.66. The summed E-state index contributed by atoms with van der Waals surface area (Å²) in [6.45, 7) is 0. The minimum absolute atomic E-state index is 0.116. The van der Waals surface area contributed by atoms with Crippen molar-refractivity contribution in [3.63, 3.8) is 0 Å². The lowest BCUT2D eigenvalue weighted by Gasteiger charge is -2.05. The van der Waals surface area contributed by atoms with E-state index in [1.807, 2.05) is 60.7 Å². The largest absolute Gasteiger partial charge is 0.411 e. The van der Waals surface area contributed by atoms with E-state index in [-0.39, 0.29) is 11.7 Å². The molecule has 3 aromatic carbocycles. The average molecular weight is 487 g/mol. The smallest absolute Gasteiger partial charge is 0.277 e. The predicted octanol–water partition coefficient (Wildman–Crippen LogP) is 5.23. The number of rotatable bonds is 5. The van der Waals surface area contributed by atoms with E-state index in [9.17, 15) is 4.79 Å². The second kappa shape index (κ2) is 8.10. The van der Waals surface area contributed by atoms with E-state index in [1.165, 1.54) is 11.8 Å². The summed E-state index contributed by atoms with van der Waals surface area (Å²) >= 11 is 3.40. The van der Waals surface area contributed by atoms with E-state index in [2.05, 4.69) is 44.2 Å². The van der Waals surface area contributed by atoms with Crippen LogP contribution in [0.25, 0.3) is 22.2 Å². The quantitative estimate of drug-likeness (QED) is 0.309. The topological polar surface area (TPSA) is 68.0 Å². The number of benzene rings is 3. The first kappa shape index (κ1) is 18.0. The van der Waals surface area contributed by atoms with Crippen LogP contribution in [0.1, 0.15) is 0 Å². The van der Waals surface area contributed by atoms with Crippen molar-refractivity contribution in [2.24, 2.45) is 0 Å². The average Bonchev–Trinajstić information content (AvgIpc) is 3.17. The SMILES string of the molecule is O=C(CSc1nnc(-c2ccc3ccccc3c2)o1)Nc1ccccc1I. The van der Waals surface area contributed by atoms with Crippen LogP contribution in [-0.4, -0.2) is 21.9 Å². The second-order valence-corrected chi connectivity index (χ2v) is 7.84. The molecular formula is C20H14IN3O2S. The summed E-state index contributed by atoms with van der Waals surface area (Å²) < 4.78 is 6.69. The van der Waals surface area contributed by atoms with Crippen molar-refractivity contribution in [2.75, 3.05) is 11.1 Å². The zero-order valence-corrected chi connectivity index (χ0v) is 17.0. The highest BCUT2D eigenvalue weighted by Crippen LogP contribution is 2.26. The Hall–Kier alpha value is -2.39. The van der Waals surface area contributed by atoms with Gasteiger partial charge in [0.05, 0.1) is 11.4 Å². The molecule has 134 valence electrons. The van der Waals surface area contributed by atoms with Gasteiger partial charge in [-0.25, -0.2) is 0 Å². The van der Waals surface area contributed by atoms with Crippen LogP contribution >= 0.6 is 34.4 Å². The first-order valence-corrected chi connectivity index (χ1v) is 10.3. The van der Waals surface area contributed by atoms with Gasteiger partial charge < -0.3 is 9.73 Å². The van der Waals surface area contributed by atoms with Gasteiger partial charge in [-0.15, -0.1) is 10.2 Å². The summed E-state index contributed by atoms with van der Waals surface area (Å²) in [7, 11) is 0. The normalized spacial score (nSPS) is 10.9. The zero-order valence-electron chi connectivity index (χ0n) is 14.1. The monoisotopic (exact) mass is 487 g/mol. The Labute approximate surface area is 173 Å². The Morgan fingerprint density at radius 3 is 2.63 bits per heavy atom. The van der Waals surface area contributed by atoms with E-state index in [4.69, 9.17) is 4.42 Å². The summed E-state index contributed by atoms with van der Waals surface area (Å²) in [5, 5.41) is 13.7. The molecule has 0 aliphatic heterocycles. The van der Waals surface area contributed by atoms with Crippen LogP contribution in [-0.2, 0) is 4.79 Å². The van der Waals surface area contributed by atoms with Crippen molar-refractivity contribution in [2.45, 2.75) is 5.22 Å². The molecule has 0 saturated heterocycles. The maximum absolute atomic E-state index is 12.1. The number of aromatic nitrogens is 2. The van der Waals surface area contributed by atoms with Crippen molar-refractivity contribution in [3.8, 4) is 11.5 Å². The van der Waals surface area contributed by atoms with Crippen LogP contribution < -0.4 is 5.32 Å². The van der Waals surface area contributed by atoms with Gasteiger partial charge in [-0.1, -0.05) is 54.2 Å². The summed E-state index contributed by atoms with van der Waals surface area (Å²) in [6, 6.07) is 21.7. The second-order valence-electron chi connectivity index (χ2n) is 5.75. The molecule has 0 aliphatic carbocycles. The number of hydrogen-bond acceptors (Lipinski definition) is 5. The molecule has 27 heavy (non-hydrogen) atoms. The molecule has 0 radical (unpaired) electrons. The number of halogens is 1. The van der Waals surface area contributed by atoms with Gasteiger partial charge >= 0.3 is 0 Å². The van der Waals surface area contributed by atoms with Gasteiger partial charge in [-0.2, -0.15) is 0 Å². The number of fused-ring (bicyclic) bond motifs is 1. The molecule has 4 rings (SSSR count). The number of anilines is 1. The van der Waals surface area contributed by atoms with Gasteiger partial charge in [0, 0.05) is 9.13 Å². The highest BCUT2D eigenvalue weighted by molar-refractivity contribution is 14.1. The number of nitrogens with one attached hydrogen (secondary N) is 1. The maximum Gasteiger partial charge on any atom is 0.277 e. The number of amides is 1. The van der Waals surface area contributed by atoms with Crippen molar-refractivity contribution in [3.05, 3.63) is 70.3 Å². The van der Waals surface area contributed by atoms with E-state index in [1.54, 1.807) is 0 Å². The summed E-state index contributed by atoms with van der Waals surface area (Å²) in [5.74, 6) is 0.528. The zero-order chi connectivity index (χ0) is 18.6.